The molecule has 1 saturated heterocycles. The molecule has 32 heavy (non-hydrogen) atoms. The van der Waals surface area contributed by atoms with Crippen molar-refractivity contribution in [3.63, 3.8) is 0 Å². The van der Waals surface area contributed by atoms with Crippen LogP contribution < -0.4 is 19.7 Å². The summed E-state index contributed by atoms with van der Waals surface area (Å²) in [5.74, 6) is -0.0826. The van der Waals surface area contributed by atoms with Gasteiger partial charge in [0.1, 0.15) is 5.69 Å². The normalized spacial score (nSPS) is 17.2. The van der Waals surface area contributed by atoms with Crippen LogP contribution >= 0.6 is 0 Å². The molecule has 1 spiro atoms. The minimum absolute atomic E-state index is 0.0826. The van der Waals surface area contributed by atoms with Gasteiger partial charge in [-0.05, 0) is 37.6 Å². The van der Waals surface area contributed by atoms with Gasteiger partial charge in [-0.25, -0.2) is 14.2 Å². The van der Waals surface area contributed by atoms with Gasteiger partial charge in [0.25, 0.3) is 0 Å². The molecule has 0 atom stereocenters. The highest BCUT2D eigenvalue weighted by atomic mass is 32.2. The second kappa shape index (κ2) is 7.95. The summed E-state index contributed by atoms with van der Waals surface area (Å²) in [7, 11) is -4.22. The molecule has 3 aromatic rings. The second-order valence-corrected chi connectivity index (χ2v) is 9.50. The van der Waals surface area contributed by atoms with Gasteiger partial charge in [0.05, 0.1) is 0 Å². The highest BCUT2D eigenvalue weighted by molar-refractivity contribution is 7.91. The van der Waals surface area contributed by atoms with Crippen molar-refractivity contribution >= 4 is 27.8 Å². The molecule has 2 aliphatic heterocycles. The zero-order valence-corrected chi connectivity index (χ0v) is 18.1. The number of nitrogens with zero attached hydrogens (tertiary/aromatic N) is 2. The predicted octanol–water partition coefficient (Wildman–Crippen LogP) is 2.85. The summed E-state index contributed by atoms with van der Waals surface area (Å²) in [6, 6.07) is 17.7. The summed E-state index contributed by atoms with van der Waals surface area (Å²) in [4.78, 5) is 14.5. The predicted molar refractivity (Wildman–Crippen MR) is 121 cm³/mol. The van der Waals surface area contributed by atoms with Crippen LogP contribution in [0.3, 0.4) is 0 Å². The molecule has 2 amide bonds. The van der Waals surface area contributed by atoms with Crippen LogP contribution in [-0.4, -0.2) is 39.2 Å². The number of hydrogen-bond donors (Lipinski definition) is 3. The van der Waals surface area contributed by atoms with Crippen LogP contribution in [-0.2, 0) is 15.6 Å². The zero-order chi connectivity index (χ0) is 22.2. The maximum absolute atomic E-state index is 13.0. The average Bonchev–Trinajstić information content (AvgIpc) is 3.38. The van der Waals surface area contributed by atoms with Crippen LogP contribution in [0.4, 0.5) is 16.4 Å². The molecule has 166 valence electrons. The number of carbonyl (C=O) groups excluding carboxylic acids is 1. The Morgan fingerprint density at radius 3 is 2.56 bits per heavy atom. The Balaban J connectivity index is 1.32. The van der Waals surface area contributed by atoms with E-state index in [4.69, 9.17) is 4.52 Å². The minimum Gasteiger partial charge on any atom is -0.337 e. The summed E-state index contributed by atoms with van der Waals surface area (Å²) in [6.45, 7) is 2.16. The fourth-order valence-corrected chi connectivity index (χ4v) is 5.29. The Bertz CT molecular complexity index is 1240. The van der Waals surface area contributed by atoms with Gasteiger partial charge in [0, 0.05) is 29.3 Å². The van der Waals surface area contributed by atoms with E-state index in [1.165, 1.54) is 11.0 Å². The lowest BCUT2D eigenvalue weighted by molar-refractivity contribution is 0.248. The molecule has 0 aliphatic carbocycles. The monoisotopic (exact) mass is 453 g/mol. The van der Waals surface area contributed by atoms with Gasteiger partial charge in [-0.3, -0.25) is 4.90 Å². The number of urea groups is 1. The lowest BCUT2D eigenvalue weighted by atomic mass is 9.75. The van der Waals surface area contributed by atoms with E-state index in [0.29, 0.717) is 12.2 Å². The molecule has 0 saturated carbocycles. The molecule has 3 N–H and O–H groups in total. The molecule has 2 aliphatic rings. The van der Waals surface area contributed by atoms with Gasteiger partial charge < -0.3 is 9.84 Å². The number of benzene rings is 2. The molecule has 9 nitrogen and oxygen atoms in total. The lowest BCUT2D eigenvalue weighted by Crippen LogP contribution is -2.48. The highest BCUT2D eigenvalue weighted by Gasteiger charge is 2.45. The Labute approximate surface area is 186 Å². The smallest absolute Gasteiger partial charge is 0.336 e. The summed E-state index contributed by atoms with van der Waals surface area (Å²) in [5.41, 5.74) is 2.94. The third-order valence-electron chi connectivity index (χ3n) is 6.07. The summed E-state index contributed by atoms with van der Waals surface area (Å²) in [5, 5.41) is 7.23. The standard InChI is InChI=1S/C22H23N5O4S/c28-21(27-15-22(10-12-23-13-11-22)17-8-4-5-9-19(17)27)26-32(29,30)25-20-14-18(24-31-20)16-6-2-1-3-7-16/h1-9,14,23,25H,10-13,15H2,(H,26,28). The molecule has 1 aromatic heterocycles. The van der Waals surface area contributed by atoms with Crippen molar-refractivity contribution in [3.05, 3.63) is 66.2 Å². The van der Waals surface area contributed by atoms with Crippen molar-refractivity contribution in [1.82, 2.24) is 15.2 Å². The van der Waals surface area contributed by atoms with Crippen molar-refractivity contribution in [3.8, 4) is 11.3 Å². The maximum Gasteiger partial charge on any atom is 0.336 e. The third kappa shape index (κ3) is 3.82. The first-order valence-electron chi connectivity index (χ1n) is 10.4. The van der Waals surface area contributed by atoms with Gasteiger partial charge in [0.2, 0.25) is 5.88 Å². The molecule has 3 heterocycles. The number of anilines is 2. The number of amides is 2. The molecule has 0 unspecified atom stereocenters. The number of fused-ring (bicyclic) bond motifs is 2. The van der Waals surface area contributed by atoms with Crippen LogP contribution in [0.15, 0.2) is 65.2 Å². The summed E-state index contributed by atoms with van der Waals surface area (Å²) < 4.78 is 34.7. The van der Waals surface area contributed by atoms with E-state index in [1.54, 1.807) is 0 Å². The first kappa shape index (κ1) is 20.5. The van der Waals surface area contributed by atoms with Crippen molar-refractivity contribution in [2.24, 2.45) is 0 Å². The molecule has 1 fully saturated rings. The molecule has 0 radical (unpaired) electrons. The SMILES string of the molecule is O=C(NS(=O)(=O)Nc1cc(-c2ccccc2)no1)N1CC2(CCNCC2)c2ccccc21. The van der Waals surface area contributed by atoms with E-state index in [9.17, 15) is 13.2 Å². The van der Waals surface area contributed by atoms with Gasteiger partial charge in [-0.1, -0.05) is 53.7 Å². The molecular weight excluding hydrogens is 430 g/mol. The summed E-state index contributed by atoms with van der Waals surface area (Å²) in [6.07, 6.45) is 1.78. The summed E-state index contributed by atoms with van der Waals surface area (Å²) >= 11 is 0. The zero-order valence-electron chi connectivity index (χ0n) is 17.2. The number of piperidine rings is 1. The van der Waals surface area contributed by atoms with Crippen LogP contribution in [0.1, 0.15) is 18.4 Å². The second-order valence-electron chi connectivity index (χ2n) is 8.09. The highest BCUT2D eigenvalue weighted by Crippen LogP contribution is 2.45. The van der Waals surface area contributed by atoms with Crippen molar-refractivity contribution in [1.29, 1.82) is 0 Å². The average molecular weight is 454 g/mol. The third-order valence-corrected chi connectivity index (χ3v) is 6.98. The van der Waals surface area contributed by atoms with Crippen LogP contribution in [0.25, 0.3) is 11.3 Å². The Morgan fingerprint density at radius 1 is 1.06 bits per heavy atom. The van der Waals surface area contributed by atoms with E-state index in [1.807, 2.05) is 54.6 Å². The molecule has 0 bridgehead atoms. The van der Waals surface area contributed by atoms with Crippen LogP contribution in [0, 0.1) is 0 Å². The van der Waals surface area contributed by atoms with Crippen molar-refractivity contribution in [2.45, 2.75) is 18.3 Å². The number of aromatic nitrogens is 1. The number of carbonyl (C=O) groups is 1. The first-order valence-corrected chi connectivity index (χ1v) is 11.9. The van der Waals surface area contributed by atoms with E-state index in [-0.39, 0.29) is 11.3 Å². The lowest BCUT2D eigenvalue weighted by Gasteiger charge is -2.34. The largest absolute Gasteiger partial charge is 0.337 e. The Hall–Kier alpha value is -3.37. The fraction of sp³-hybridized carbons (Fsp3) is 0.273. The first-order chi connectivity index (χ1) is 15.5. The number of para-hydroxylation sites is 1. The van der Waals surface area contributed by atoms with Gasteiger partial charge >= 0.3 is 16.2 Å². The topological polar surface area (TPSA) is 117 Å². The van der Waals surface area contributed by atoms with E-state index in [0.717, 1.165) is 42.7 Å². The molecule has 2 aromatic carbocycles. The number of hydrogen-bond acceptors (Lipinski definition) is 6. The molecule has 10 heteroatoms. The van der Waals surface area contributed by atoms with Crippen LogP contribution in [0.2, 0.25) is 0 Å². The van der Waals surface area contributed by atoms with Crippen molar-refractivity contribution < 1.29 is 17.7 Å². The van der Waals surface area contributed by atoms with Gasteiger partial charge in [-0.2, -0.15) is 8.42 Å². The Morgan fingerprint density at radius 2 is 1.78 bits per heavy atom. The quantitative estimate of drug-likeness (QED) is 0.559. The van der Waals surface area contributed by atoms with Crippen LogP contribution in [0.5, 0.6) is 0 Å². The van der Waals surface area contributed by atoms with E-state index >= 15 is 0 Å². The van der Waals surface area contributed by atoms with E-state index < -0.39 is 16.2 Å². The van der Waals surface area contributed by atoms with E-state index in [2.05, 4.69) is 19.9 Å². The van der Waals surface area contributed by atoms with Crippen molar-refractivity contribution in [2.75, 3.05) is 29.3 Å². The fourth-order valence-electron chi connectivity index (χ4n) is 4.54. The molecular formula is C22H23N5O4S. The van der Waals surface area contributed by atoms with Gasteiger partial charge in [-0.15, -0.1) is 0 Å². The Kier molecular flexibility index (Phi) is 5.10. The number of nitrogens with one attached hydrogen (secondary N) is 3. The minimum atomic E-state index is -4.22. The number of rotatable bonds is 4. The maximum atomic E-state index is 13.0. The van der Waals surface area contributed by atoms with Gasteiger partial charge in [0.15, 0.2) is 0 Å². The molecule has 5 rings (SSSR count).